The van der Waals surface area contributed by atoms with Gasteiger partial charge in [0.2, 0.25) is 0 Å². The Morgan fingerprint density at radius 1 is 1.03 bits per heavy atom. The number of carbonyl (C=O) groups is 3. The van der Waals surface area contributed by atoms with Gasteiger partial charge in [-0.2, -0.15) is 0 Å². The highest BCUT2D eigenvalue weighted by atomic mass is 35.5. The second kappa shape index (κ2) is 8.24. The van der Waals surface area contributed by atoms with Crippen molar-refractivity contribution in [2.75, 3.05) is 11.5 Å². The molecule has 0 atom stereocenters. The lowest BCUT2D eigenvalue weighted by Crippen LogP contribution is -2.54. The number of anilines is 1. The fourth-order valence-corrected chi connectivity index (χ4v) is 3.65. The van der Waals surface area contributed by atoms with Crippen LogP contribution in [0.4, 0.5) is 10.5 Å². The van der Waals surface area contributed by atoms with Gasteiger partial charge in [-0.1, -0.05) is 48.0 Å². The third-order valence-electron chi connectivity index (χ3n) is 5.03. The highest BCUT2D eigenvalue weighted by Crippen LogP contribution is 2.31. The molecule has 6 nitrogen and oxygen atoms in total. The third kappa shape index (κ3) is 3.78. The van der Waals surface area contributed by atoms with Gasteiger partial charge < -0.3 is 4.74 Å². The van der Waals surface area contributed by atoms with Crippen molar-refractivity contribution >= 4 is 52.0 Å². The fraction of sp³-hybridized carbons (Fsp3) is 0.125. The Labute approximate surface area is 184 Å². The van der Waals surface area contributed by atoms with E-state index in [-0.39, 0.29) is 11.3 Å². The van der Waals surface area contributed by atoms with E-state index in [0.29, 0.717) is 22.9 Å². The smallest absolute Gasteiger partial charge is 0.335 e. The monoisotopic (exact) mass is 434 g/mol. The molecule has 1 aliphatic heterocycles. The van der Waals surface area contributed by atoms with Crippen LogP contribution in [0.1, 0.15) is 18.1 Å². The first-order valence-corrected chi connectivity index (χ1v) is 10.1. The van der Waals surface area contributed by atoms with Gasteiger partial charge in [0.05, 0.1) is 12.3 Å². The van der Waals surface area contributed by atoms with Crippen molar-refractivity contribution in [3.05, 3.63) is 76.3 Å². The number of hydrogen-bond acceptors (Lipinski definition) is 4. The largest absolute Gasteiger partial charge is 0.493 e. The average molecular weight is 435 g/mol. The van der Waals surface area contributed by atoms with Crippen LogP contribution in [0, 0.1) is 6.92 Å². The number of aryl methyl sites for hydroxylation is 1. The van der Waals surface area contributed by atoms with E-state index in [0.717, 1.165) is 21.2 Å². The number of hydrogen-bond donors (Lipinski definition) is 1. The van der Waals surface area contributed by atoms with E-state index in [1.165, 1.54) is 12.1 Å². The minimum Gasteiger partial charge on any atom is -0.493 e. The van der Waals surface area contributed by atoms with Gasteiger partial charge in [-0.15, -0.1) is 0 Å². The number of rotatable bonds is 4. The van der Waals surface area contributed by atoms with Crippen LogP contribution in [-0.2, 0) is 9.59 Å². The summed E-state index contributed by atoms with van der Waals surface area (Å²) < 4.78 is 5.68. The normalized spacial score (nSPS) is 15.5. The lowest BCUT2D eigenvalue weighted by atomic mass is 10.00. The van der Waals surface area contributed by atoms with Gasteiger partial charge in [0.1, 0.15) is 11.3 Å². The van der Waals surface area contributed by atoms with Gasteiger partial charge in [0, 0.05) is 10.4 Å². The molecule has 0 bridgehead atoms. The maximum absolute atomic E-state index is 13.2. The Kier molecular flexibility index (Phi) is 5.48. The van der Waals surface area contributed by atoms with Gasteiger partial charge in [-0.3, -0.25) is 14.9 Å². The molecule has 7 heteroatoms. The van der Waals surface area contributed by atoms with E-state index < -0.39 is 17.8 Å². The van der Waals surface area contributed by atoms with Crippen LogP contribution in [0.2, 0.25) is 5.02 Å². The molecule has 1 N–H and O–H groups in total. The van der Waals surface area contributed by atoms with E-state index >= 15 is 0 Å². The van der Waals surface area contributed by atoms with Crippen LogP contribution in [0.15, 0.2) is 60.2 Å². The zero-order valence-corrected chi connectivity index (χ0v) is 17.7. The number of halogens is 1. The van der Waals surface area contributed by atoms with Crippen molar-refractivity contribution in [2.24, 2.45) is 0 Å². The van der Waals surface area contributed by atoms with Gasteiger partial charge in [0.25, 0.3) is 11.8 Å². The lowest BCUT2D eigenvalue weighted by Gasteiger charge is -2.26. The van der Waals surface area contributed by atoms with Gasteiger partial charge in [-0.05, 0) is 54.6 Å². The van der Waals surface area contributed by atoms with Crippen molar-refractivity contribution in [1.29, 1.82) is 0 Å². The second-order valence-electron chi connectivity index (χ2n) is 7.02. The zero-order chi connectivity index (χ0) is 22.1. The second-order valence-corrected chi connectivity index (χ2v) is 7.43. The molecule has 0 saturated carbocycles. The van der Waals surface area contributed by atoms with Gasteiger partial charge in [0.15, 0.2) is 0 Å². The molecule has 4 rings (SSSR count). The Morgan fingerprint density at radius 3 is 2.48 bits per heavy atom. The highest BCUT2D eigenvalue weighted by molar-refractivity contribution is 6.39. The Hall–Kier alpha value is -3.64. The minimum absolute atomic E-state index is 0.148. The van der Waals surface area contributed by atoms with Crippen molar-refractivity contribution in [2.45, 2.75) is 13.8 Å². The molecule has 1 aliphatic rings. The zero-order valence-electron chi connectivity index (χ0n) is 16.9. The number of imide groups is 2. The number of fused-ring (bicyclic) bond motifs is 1. The molecule has 3 aromatic rings. The molecule has 4 amide bonds. The summed E-state index contributed by atoms with van der Waals surface area (Å²) >= 11 is 6.17. The molecule has 156 valence electrons. The van der Waals surface area contributed by atoms with E-state index in [1.807, 2.05) is 38.1 Å². The van der Waals surface area contributed by atoms with Crippen molar-refractivity contribution in [3.63, 3.8) is 0 Å². The van der Waals surface area contributed by atoms with Crippen LogP contribution in [0.3, 0.4) is 0 Å². The van der Waals surface area contributed by atoms with E-state index in [1.54, 1.807) is 24.3 Å². The Morgan fingerprint density at radius 2 is 1.77 bits per heavy atom. The number of benzene rings is 3. The summed E-state index contributed by atoms with van der Waals surface area (Å²) in [5.41, 5.74) is 1.61. The predicted octanol–water partition coefficient (Wildman–Crippen LogP) is 4.87. The molecule has 0 radical (unpaired) electrons. The number of carbonyl (C=O) groups excluding carboxylic acids is 3. The number of urea groups is 1. The lowest BCUT2D eigenvalue weighted by molar-refractivity contribution is -0.122. The predicted molar refractivity (Wildman–Crippen MR) is 120 cm³/mol. The first-order chi connectivity index (χ1) is 14.9. The molecule has 1 saturated heterocycles. The topological polar surface area (TPSA) is 75.7 Å². The van der Waals surface area contributed by atoms with Crippen molar-refractivity contribution in [1.82, 2.24) is 5.32 Å². The SMILES string of the molecule is CCOc1ccc(/C=C2/C(=O)NC(=O)N(c3ccc(C)c(Cl)c3)C2=O)c2ccccc12. The first-order valence-electron chi connectivity index (χ1n) is 9.73. The fourth-order valence-electron chi connectivity index (χ4n) is 3.47. The van der Waals surface area contributed by atoms with Crippen LogP contribution in [-0.4, -0.2) is 24.5 Å². The van der Waals surface area contributed by atoms with E-state index in [2.05, 4.69) is 5.32 Å². The number of nitrogens with one attached hydrogen (secondary N) is 1. The first kappa shape index (κ1) is 20.6. The number of amides is 4. The van der Waals surface area contributed by atoms with E-state index in [4.69, 9.17) is 16.3 Å². The number of nitrogens with zero attached hydrogens (tertiary/aromatic N) is 1. The minimum atomic E-state index is -0.816. The standard InChI is InChI=1S/C24H19ClN2O4/c1-3-31-21-11-9-15(17-6-4-5-7-18(17)21)12-19-22(28)26-24(30)27(23(19)29)16-10-8-14(2)20(25)13-16/h4-13H,3H2,1-2H3,(H,26,28,30)/b19-12-. The van der Waals surface area contributed by atoms with E-state index in [9.17, 15) is 14.4 Å². The molecule has 0 unspecified atom stereocenters. The molecule has 1 heterocycles. The summed E-state index contributed by atoms with van der Waals surface area (Å²) in [6.45, 7) is 4.23. The quantitative estimate of drug-likeness (QED) is 0.469. The molecule has 0 aromatic heterocycles. The maximum Gasteiger partial charge on any atom is 0.335 e. The summed E-state index contributed by atoms with van der Waals surface area (Å²) in [5, 5.41) is 4.33. The van der Waals surface area contributed by atoms with Crippen LogP contribution >= 0.6 is 11.6 Å². The van der Waals surface area contributed by atoms with Crippen LogP contribution in [0.25, 0.3) is 16.8 Å². The third-order valence-corrected chi connectivity index (χ3v) is 5.44. The summed E-state index contributed by atoms with van der Waals surface area (Å²) in [6, 6.07) is 15.2. The number of barbiturate groups is 1. The Balaban J connectivity index is 1.81. The average Bonchev–Trinajstić information content (AvgIpc) is 2.75. The van der Waals surface area contributed by atoms with Crippen molar-refractivity contribution < 1.29 is 19.1 Å². The molecule has 0 spiro atoms. The van der Waals surface area contributed by atoms with Gasteiger partial charge in [-0.25, -0.2) is 9.69 Å². The van der Waals surface area contributed by atoms with Crippen LogP contribution in [0.5, 0.6) is 5.75 Å². The molecule has 3 aromatic carbocycles. The summed E-state index contributed by atoms with van der Waals surface area (Å²) in [4.78, 5) is 39.0. The molecular weight excluding hydrogens is 416 g/mol. The maximum atomic E-state index is 13.2. The molecule has 1 fully saturated rings. The molecule has 0 aliphatic carbocycles. The summed E-state index contributed by atoms with van der Waals surface area (Å²) in [7, 11) is 0. The Bertz CT molecular complexity index is 1270. The summed E-state index contributed by atoms with van der Waals surface area (Å²) in [5.74, 6) is -0.750. The van der Waals surface area contributed by atoms with Gasteiger partial charge >= 0.3 is 6.03 Å². The highest BCUT2D eigenvalue weighted by Gasteiger charge is 2.37. The van der Waals surface area contributed by atoms with Crippen LogP contribution < -0.4 is 15.0 Å². The number of ether oxygens (including phenoxy) is 1. The molecular formula is C24H19ClN2O4. The van der Waals surface area contributed by atoms with Crippen molar-refractivity contribution in [3.8, 4) is 5.75 Å². The summed E-state index contributed by atoms with van der Waals surface area (Å²) in [6.07, 6.45) is 1.49. The molecule has 31 heavy (non-hydrogen) atoms.